The first-order chi connectivity index (χ1) is 28.8. The van der Waals surface area contributed by atoms with Crippen LogP contribution in [0.15, 0.2) is 229 Å². The van der Waals surface area contributed by atoms with Gasteiger partial charge in [-0.05, 0) is 91.3 Å². The molecule has 0 saturated carbocycles. The summed E-state index contributed by atoms with van der Waals surface area (Å²) in [5, 5.41) is 7.22. The Morgan fingerprint density at radius 3 is 1.53 bits per heavy atom. The molecule has 11 rings (SSSR count). The van der Waals surface area contributed by atoms with Crippen LogP contribution in [0.1, 0.15) is 0 Å². The van der Waals surface area contributed by atoms with Gasteiger partial charge in [0.1, 0.15) is 11.2 Å². The summed E-state index contributed by atoms with van der Waals surface area (Å²) in [6.45, 7) is 0. The molecule has 272 valence electrons. The minimum absolute atomic E-state index is 0.891. The topological polar surface area (TPSA) is 16.4 Å². The van der Waals surface area contributed by atoms with Crippen molar-refractivity contribution >= 4 is 60.5 Å². The van der Waals surface area contributed by atoms with Crippen molar-refractivity contribution in [1.82, 2.24) is 0 Å². The SMILES string of the molecule is c1cc(-c2cccc3ccccc23)cc(N(c2ccc(-c3ccc(-c4cccc5ccccc45)cc3)cc2)c2ccccc2-c2cccc3c2oc2ccccc23)c1. The predicted molar refractivity (Wildman–Crippen MR) is 245 cm³/mol. The van der Waals surface area contributed by atoms with Crippen LogP contribution in [0, 0.1) is 0 Å². The van der Waals surface area contributed by atoms with Crippen LogP contribution < -0.4 is 4.90 Å². The number of fused-ring (bicyclic) bond motifs is 5. The predicted octanol–water partition coefficient (Wildman–Crippen LogP) is 16.0. The van der Waals surface area contributed by atoms with Crippen molar-refractivity contribution in [3.05, 3.63) is 224 Å². The van der Waals surface area contributed by atoms with Crippen LogP contribution in [0.2, 0.25) is 0 Å². The summed E-state index contributed by atoms with van der Waals surface area (Å²) in [6, 6.07) is 80.6. The first-order valence-corrected chi connectivity index (χ1v) is 19.8. The standard InChI is InChI=1S/C56H37NO/c1-3-19-46-40(13-1)15-10-23-48(46)42-31-29-38(30-32-42)39-33-35-44(36-34-39)57(45-18-9-17-43(37-45)49-24-11-16-41-14-2-4-20-47(41)49)54-27-7-5-21-50(54)52-25-12-26-53-51-22-6-8-28-55(51)58-56(52)53/h1-37H. The third-order valence-corrected chi connectivity index (χ3v) is 11.5. The molecular formula is C56H37NO. The lowest BCUT2D eigenvalue weighted by Gasteiger charge is -2.28. The van der Waals surface area contributed by atoms with Gasteiger partial charge in [-0.15, -0.1) is 0 Å². The van der Waals surface area contributed by atoms with Gasteiger partial charge in [-0.1, -0.05) is 188 Å². The van der Waals surface area contributed by atoms with Crippen molar-refractivity contribution in [2.75, 3.05) is 4.90 Å². The minimum Gasteiger partial charge on any atom is -0.455 e. The molecule has 0 spiro atoms. The van der Waals surface area contributed by atoms with E-state index in [0.29, 0.717) is 0 Å². The third-order valence-electron chi connectivity index (χ3n) is 11.5. The zero-order valence-electron chi connectivity index (χ0n) is 31.7. The first kappa shape index (κ1) is 33.6. The number of nitrogens with zero attached hydrogens (tertiary/aromatic N) is 1. The largest absolute Gasteiger partial charge is 0.455 e. The Kier molecular flexibility index (Phi) is 8.19. The molecule has 0 bridgehead atoms. The zero-order valence-corrected chi connectivity index (χ0v) is 31.7. The summed E-state index contributed by atoms with van der Waals surface area (Å²) in [7, 11) is 0. The Labute approximate surface area is 337 Å². The fraction of sp³-hybridized carbons (Fsp3) is 0. The molecule has 2 heteroatoms. The lowest BCUT2D eigenvalue weighted by Crippen LogP contribution is -2.11. The van der Waals surface area contributed by atoms with Gasteiger partial charge in [0.15, 0.2) is 0 Å². The number of hydrogen-bond acceptors (Lipinski definition) is 2. The highest BCUT2D eigenvalue weighted by molar-refractivity contribution is 6.11. The maximum atomic E-state index is 6.61. The van der Waals surface area contributed by atoms with Crippen LogP contribution in [-0.2, 0) is 0 Å². The number of benzene rings is 10. The molecule has 0 aliphatic heterocycles. The second-order valence-corrected chi connectivity index (χ2v) is 14.9. The van der Waals surface area contributed by atoms with Gasteiger partial charge >= 0.3 is 0 Å². The Bertz CT molecular complexity index is 3270. The molecule has 0 aliphatic carbocycles. The van der Waals surface area contributed by atoms with Crippen molar-refractivity contribution < 1.29 is 4.42 Å². The molecule has 0 fully saturated rings. The van der Waals surface area contributed by atoms with E-state index in [1.807, 2.05) is 6.07 Å². The number of hydrogen-bond donors (Lipinski definition) is 0. The fourth-order valence-corrected chi connectivity index (χ4v) is 8.69. The van der Waals surface area contributed by atoms with E-state index in [4.69, 9.17) is 4.42 Å². The summed E-state index contributed by atoms with van der Waals surface area (Å²) in [4.78, 5) is 2.39. The van der Waals surface area contributed by atoms with E-state index in [1.54, 1.807) is 0 Å². The molecule has 10 aromatic carbocycles. The zero-order chi connectivity index (χ0) is 38.4. The van der Waals surface area contributed by atoms with Gasteiger partial charge in [0.25, 0.3) is 0 Å². The molecule has 0 amide bonds. The molecule has 58 heavy (non-hydrogen) atoms. The minimum atomic E-state index is 0.891. The molecule has 0 atom stereocenters. The molecule has 0 N–H and O–H groups in total. The Hall–Kier alpha value is -7.68. The van der Waals surface area contributed by atoms with E-state index < -0.39 is 0 Å². The van der Waals surface area contributed by atoms with E-state index in [-0.39, 0.29) is 0 Å². The average molecular weight is 740 g/mol. The number of para-hydroxylation sites is 3. The second kappa shape index (κ2) is 14.1. The van der Waals surface area contributed by atoms with Gasteiger partial charge < -0.3 is 9.32 Å². The van der Waals surface area contributed by atoms with Crippen LogP contribution in [0.25, 0.3) is 88.0 Å². The van der Waals surface area contributed by atoms with Crippen molar-refractivity contribution in [1.29, 1.82) is 0 Å². The highest BCUT2D eigenvalue weighted by Crippen LogP contribution is 2.45. The monoisotopic (exact) mass is 739 g/mol. The Morgan fingerprint density at radius 1 is 0.293 bits per heavy atom. The van der Waals surface area contributed by atoms with Crippen molar-refractivity contribution in [3.63, 3.8) is 0 Å². The molecule has 1 heterocycles. The second-order valence-electron chi connectivity index (χ2n) is 14.9. The highest BCUT2D eigenvalue weighted by Gasteiger charge is 2.21. The third kappa shape index (κ3) is 5.82. The molecule has 0 saturated heterocycles. The van der Waals surface area contributed by atoms with Crippen molar-refractivity contribution in [3.8, 4) is 44.5 Å². The van der Waals surface area contributed by atoms with E-state index in [9.17, 15) is 0 Å². The summed E-state index contributed by atoms with van der Waals surface area (Å²) in [5.74, 6) is 0. The van der Waals surface area contributed by atoms with Crippen LogP contribution >= 0.6 is 0 Å². The molecule has 11 aromatic rings. The van der Waals surface area contributed by atoms with Crippen LogP contribution in [0.4, 0.5) is 17.1 Å². The number of furan rings is 1. The highest BCUT2D eigenvalue weighted by atomic mass is 16.3. The maximum Gasteiger partial charge on any atom is 0.143 e. The van der Waals surface area contributed by atoms with E-state index in [0.717, 1.165) is 55.7 Å². The van der Waals surface area contributed by atoms with Crippen LogP contribution in [-0.4, -0.2) is 0 Å². The maximum absolute atomic E-state index is 6.61. The Morgan fingerprint density at radius 2 is 0.793 bits per heavy atom. The van der Waals surface area contributed by atoms with Crippen molar-refractivity contribution in [2.24, 2.45) is 0 Å². The molecule has 0 aliphatic rings. The van der Waals surface area contributed by atoms with Gasteiger partial charge in [0.05, 0.1) is 5.69 Å². The number of rotatable bonds is 7. The van der Waals surface area contributed by atoms with E-state index >= 15 is 0 Å². The van der Waals surface area contributed by atoms with Gasteiger partial charge in [-0.2, -0.15) is 0 Å². The fourth-order valence-electron chi connectivity index (χ4n) is 8.69. The Balaban J connectivity index is 1.04. The molecule has 2 nitrogen and oxygen atoms in total. The van der Waals surface area contributed by atoms with Gasteiger partial charge in [0, 0.05) is 33.3 Å². The normalized spacial score (nSPS) is 11.4. The lowest BCUT2D eigenvalue weighted by atomic mass is 9.96. The summed E-state index contributed by atoms with van der Waals surface area (Å²) < 4.78 is 6.61. The molecule has 0 unspecified atom stereocenters. The average Bonchev–Trinajstić information content (AvgIpc) is 3.69. The smallest absolute Gasteiger partial charge is 0.143 e. The summed E-state index contributed by atoms with van der Waals surface area (Å²) in [5.41, 5.74) is 14.3. The summed E-state index contributed by atoms with van der Waals surface area (Å²) >= 11 is 0. The van der Waals surface area contributed by atoms with Crippen LogP contribution in [0.5, 0.6) is 0 Å². The van der Waals surface area contributed by atoms with Gasteiger partial charge in [0.2, 0.25) is 0 Å². The summed E-state index contributed by atoms with van der Waals surface area (Å²) in [6.07, 6.45) is 0. The van der Waals surface area contributed by atoms with Crippen molar-refractivity contribution in [2.45, 2.75) is 0 Å². The van der Waals surface area contributed by atoms with Gasteiger partial charge in [-0.25, -0.2) is 0 Å². The van der Waals surface area contributed by atoms with Gasteiger partial charge in [-0.3, -0.25) is 0 Å². The molecule has 0 radical (unpaired) electrons. The molecule has 1 aromatic heterocycles. The lowest BCUT2D eigenvalue weighted by molar-refractivity contribution is 0.670. The van der Waals surface area contributed by atoms with Crippen LogP contribution in [0.3, 0.4) is 0 Å². The quantitative estimate of drug-likeness (QED) is 0.162. The van der Waals surface area contributed by atoms with E-state index in [2.05, 4.69) is 223 Å². The first-order valence-electron chi connectivity index (χ1n) is 19.8. The number of anilines is 3. The molecular weight excluding hydrogens is 703 g/mol. The van der Waals surface area contributed by atoms with E-state index in [1.165, 1.54) is 49.4 Å².